The Kier molecular flexibility index (Phi) is 7.49. The second kappa shape index (κ2) is 8.86. The minimum absolute atomic E-state index is 0.00682. The van der Waals surface area contributed by atoms with Crippen molar-refractivity contribution < 1.29 is 14.7 Å². The van der Waals surface area contributed by atoms with Crippen LogP contribution >= 0.6 is 22.6 Å². The molecule has 0 saturated carbocycles. The number of carbonyl (C=O) groups excluding carboxylic acids is 1. The van der Waals surface area contributed by atoms with Gasteiger partial charge in [0.05, 0.1) is 11.6 Å². The van der Waals surface area contributed by atoms with Gasteiger partial charge in [0.15, 0.2) is 0 Å². The van der Waals surface area contributed by atoms with E-state index in [1.54, 1.807) is 6.92 Å². The molecule has 0 aliphatic carbocycles. The maximum absolute atomic E-state index is 11.9. The molecule has 0 aliphatic rings. The minimum atomic E-state index is -0.771. The molecule has 1 aromatic rings. The topological polar surface area (TPSA) is 78.4 Å². The maximum Gasteiger partial charge on any atom is 0.319 e. The number of carboxylic acid groups (broad SMARTS) is 1. The first-order chi connectivity index (χ1) is 9.90. The van der Waals surface area contributed by atoms with E-state index < -0.39 is 5.97 Å². The van der Waals surface area contributed by atoms with Gasteiger partial charge in [0.25, 0.3) is 0 Å². The van der Waals surface area contributed by atoms with Gasteiger partial charge in [-0.1, -0.05) is 25.5 Å². The molecule has 2 atom stereocenters. The number of halogens is 1. The largest absolute Gasteiger partial charge is 0.481 e. The number of hydrogen-bond acceptors (Lipinski definition) is 2. The predicted octanol–water partition coefficient (Wildman–Crippen LogP) is 3.69. The van der Waals surface area contributed by atoms with Crippen molar-refractivity contribution in [1.29, 1.82) is 0 Å². The number of nitrogens with one attached hydrogen (secondary N) is 2. The summed E-state index contributed by atoms with van der Waals surface area (Å²) in [6.07, 6.45) is 2.16. The Hall–Kier alpha value is -1.31. The number of carboxylic acids is 1. The van der Waals surface area contributed by atoms with Gasteiger partial charge in [-0.3, -0.25) is 4.79 Å². The first-order valence-corrected chi connectivity index (χ1v) is 8.03. The van der Waals surface area contributed by atoms with E-state index in [0.717, 1.165) is 22.1 Å². The van der Waals surface area contributed by atoms with Crippen LogP contribution in [0.4, 0.5) is 10.5 Å². The fourth-order valence-electron chi connectivity index (χ4n) is 1.87. The van der Waals surface area contributed by atoms with Gasteiger partial charge in [0.1, 0.15) is 0 Å². The van der Waals surface area contributed by atoms with Crippen molar-refractivity contribution in [3.05, 3.63) is 27.8 Å². The van der Waals surface area contributed by atoms with Gasteiger partial charge in [-0.25, -0.2) is 4.79 Å². The molecule has 116 valence electrons. The van der Waals surface area contributed by atoms with Gasteiger partial charge < -0.3 is 15.7 Å². The van der Waals surface area contributed by atoms with Crippen LogP contribution in [0.5, 0.6) is 0 Å². The Morgan fingerprint density at radius 1 is 1.24 bits per heavy atom. The molecular formula is C15H21IN2O3. The average Bonchev–Trinajstić information content (AvgIpc) is 2.41. The quantitative estimate of drug-likeness (QED) is 0.607. The van der Waals surface area contributed by atoms with Crippen molar-refractivity contribution in [2.45, 2.75) is 39.2 Å². The summed E-state index contributed by atoms with van der Waals surface area (Å²) in [6.45, 7) is 3.62. The Balaban J connectivity index is 2.31. The van der Waals surface area contributed by atoms with Crippen LogP contribution in [-0.2, 0) is 4.79 Å². The summed E-state index contributed by atoms with van der Waals surface area (Å²) < 4.78 is 0.980. The Morgan fingerprint density at radius 3 is 2.52 bits per heavy atom. The Labute approximate surface area is 138 Å². The molecule has 21 heavy (non-hydrogen) atoms. The third kappa shape index (κ3) is 6.79. The van der Waals surface area contributed by atoms with Gasteiger partial charge in [0, 0.05) is 9.61 Å². The van der Waals surface area contributed by atoms with E-state index in [2.05, 4.69) is 33.2 Å². The lowest BCUT2D eigenvalue weighted by Crippen LogP contribution is -2.36. The molecule has 0 fully saturated rings. The van der Waals surface area contributed by atoms with Gasteiger partial charge in [-0.05, 0) is 54.5 Å². The molecule has 0 aromatic heterocycles. The van der Waals surface area contributed by atoms with Crippen molar-refractivity contribution in [1.82, 2.24) is 5.32 Å². The molecule has 0 bridgehead atoms. The summed E-state index contributed by atoms with van der Waals surface area (Å²) >= 11 is 2.17. The highest BCUT2D eigenvalue weighted by atomic mass is 127. The number of aliphatic carboxylic acids is 1. The molecule has 6 heteroatoms. The van der Waals surface area contributed by atoms with Crippen molar-refractivity contribution >= 4 is 40.3 Å². The van der Waals surface area contributed by atoms with Gasteiger partial charge in [-0.15, -0.1) is 0 Å². The Morgan fingerprint density at radius 2 is 1.90 bits per heavy atom. The van der Waals surface area contributed by atoms with E-state index in [0.29, 0.717) is 6.42 Å². The second-order valence-corrected chi connectivity index (χ2v) is 6.31. The maximum atomic E-state index is 11.9. The number of benzene rings is 1. The summed E-state index contributed by atoms with van der Waals surface area (Å²) in [7, 11) is 0. The van der Waals surface area contributed by atoms with Crippen molar-refractivity contribution in [2.24, 2.45) is 5.92 Å². The van der Waals surface area contributed by atoms with Gasteiger partial charge in [-0.2, -0.15) is 0 Å². The summed E-state index contributed by atoms with van der Waals surface area (Å²) in [5.41, 5.74) is 0.780. The fourth-order valence-corrected chi connectivity index (χ4v) is 2.39. The number of rotatable bonds is 7. The molecule has 3 N–H and O–H groups in total. The van der Waals surface area contributed by atoms with Gasteiger partial charge in [0.2, 0.25) is 0 Å². The molecule has 5 nitrogen and oxygen atoms in total. The molecule has 0 saturated heterocycles. The third-order valence-corrected chi connectivity index (χ3v) is 4.14. The number of hydrogen-bond donors (Lipinski definition) is 3. The van der Waals surface area contributed by atoms with E-state index in [1.165, 1.54) is 0 Å². The monoisotopic (exact) mass is 404 g/mol. The molecular weight excluding hydrogens is 383 g/mol. The third-order valence-electron chi connectivity index (χ3n) is 3.20. The van der Waals surface area contributed by atoms with Crippen LogP contribution in [0.3, 0.4) is 0 Å². The van der Waals surface area contributed by atoms with E-state index in [9.17, 15) is 9.59 Å². The van der Waals surface area contributed by atoms with Crippen LogP contribution in [0.15, 0.2) is 24.3 Å². The zero-order valence-electron chi connectivity index (χ0n) is 12.2. The first-order valence-electron chi connectivity index (χ1n) is 6.95. The highest BCUT2D eigenvalue weighted by Crippen LogP contribution is 2.16. The normalized spacial score (nSPS) is 13.3. The standard InChI is InChI=1S/C15H21IN2O3/c1-10(14(19)20)6-5-7-11(2)17-15(21)18-13-9-4-3-8-12(13)16/h3-4,8-11H,5-7H2,1-2H3,(H,19,20)(H2,17,18,21). The van der Waals surface area contributed by atoms with Crippen LogP contribution in [-0.4, -0.2) is 23.1 Å². The average molecular weight is 404 g/mol. The second-order valence-electron chi connectivity index (χ2n) is 5.15. The van der Waals surface area contributed by atoms with Crippen LogP contribution in [0, 0.1) is 9.49 Å². The molecule has 1 rings (SSSR count). The smallest absolute Gasteiger partial charge is 0.319 e. The molecule has 1 aromatic carbocycles. The summed E-state index contributed by atoms with van der Waals surface area (Å²) in [4.78, 5) is 22.6. The summed E-state index contributed by atoms with van der Waals surface area (Å²) in [5, 5.41) is 14.5. The molecule has 0 heterocycles. The number of urea groups is 1. The highest BCUT2D eigenvalue weighted by Gasteiger charge is 2.12. The summed E-state index contributed by atoms with van der Waals surface area (Å²) in [5.74, 6) is -1.11. The molecule has 0 spiro atoms. The van der Waals surface area contributed by atoms with E-state index >= 15 is 0 Å². The molecule has 2 unspecified atom stereocenters. The number of anilines is 1. The lowest BCUT2D eigenvalue weighted by atomic mass is 10.0. The molecule has 0 radical (unpaired) electrons. The number of para-hydroxylation sites is 1. The Bertz CT molecular complexity index is 494. The minimum Gasteiger partial charge on any atom is -0.481 e. The van der Waals surface area contributed by atoms with Crippen molar-refractivity contribution in [3.63, 3.8) is 0 Å². The zero-order chi connectivity index (χ0) is 15.8. The SMILES string of the molecule is CC(CCCC(C)C(=O)O)NC(=O)Nc1ccccc1I. The van der Waals surface area contributed by atoms with E-state index in [1.807, 2.05) is 31.2 Å². The lowest BCUT2D eigenvalue weighted by molar-refractivity contribution is -0.141. The first kappa shape index (κ1) is 17.7. The number of carbonyl (C=O) groups is 2. The van der Waals surface area contributed by atoms with E-state index in [4.69, 9.17) is 5.11 Å². The molecule has 0 aliphatic heterocycles. The molecule has 2 amide bonds. The lowest BCUT2D eigenvalue weighted by Gasteiger charge is -2.15. The van der Waals surface area contributed by atoms with Crippen LogP contribution in [0.25, 0.3) is 0 Å². The van der Waals surface area contributed by atoms with Crippen LogP contribution in [0.2, 0.25) is 0 Å². The predicted molar refractivity (Wildman–Crippen MR) is 91.4 cm³/mol. The fraction of sp³-hybridized carbons (Fsp3) is 0.467. The highest BCUT2D eigenvalue weighted by molar-refractivity contribution is 14.1. The van der Waals surface area contributed by atoms with E-state index in [-0.39, 0.29) is 18.0 Å². The van der Waals surface area contributed by atoms with Crippen LogP contribution in [0.1, 0.15) is 33.1 Å². The van der Waals surface area contributed by atoms with Gasteiger partial charge >= 0.3 is 12.0 Å². The van der Waals surface area contributed by atoms with Crippen molar-refractivity contribution in [2.75, 3.05) is 5.32 Å². The summed E-state index contributed by atoms with van der Waals surface area (Å²) in [6, 6.07) is 7.32. The zero-order valence-corrected chi connectivity index (χ0v) is 14.4. The van der Waals surface area contributed by atoms with Crippen molar-refractivity contribution in [3.8, 4) is 0 Å². The number of amides is 2. The van der Waals surface area contributed by atoms with Crippen LogP contribution < -0.4 is 10.6 Å².